The van der Waals surface area contributed by atoms with Crippen LogP contribution in [0.3, 0.4) is 0 Å². The van der Waals surface area contributed by atoms with Crippen molar-refractivity contribution in [3.05, 3.63) is 69.0 Å². The molecule has 23 heavy (non-hydrogen) atoms. The molecule has 0 radical (unpaired) electrons. The van der Waals surface area contributed by atoms with Gasteiger partial charge < -0.3 is 0 Å². The van der Waals surface area contributed by atoms with Crippen molar-refractivity contribution in [3.8, 4) is 0 Å². The van der Waals surface area contributed by atoms with Gasteiger partial charge in [0.2, 0.25) is 0 Å². The van der Waals surface area contributed by atoms with Gasteiger partial charge >= 0.3 is 0 Å². The van der Waals surface area contributed by atoms with Gasteiger partial charge in [-0.25, -0.2) is 4.39 Å². The van der Waals surface area contributed by atoms with Crippen molar-refractivity contribution in [2.75, 3.05) is 0 Å². The molecular weight excluding hydrogens is 307 g/mol. The van der Waals surface area contributed by atoms with Gasteiger partial charge in [-0.2, -0.15) is 0 Å². The van der Waals surface area contributed by atoms with Gasteiger partial charge in [0.25, 0.3) is 0 Å². The van der Waals surface area contributed by atoms with Gasteiger partial charge in [0.1, 0.15) is 5.82 Å². The predicted molar refractivity (Wildman–Crippen MR) is 100 cm³/mol. The highest BCUT2D eigenvalue weighted by molar-refractivity contribution is 6.30. The summed E-state index contributed by atoms with van der Waals surface area (Å²) in [6.07, 6.45) is 0. The summed E-state index contributed by atoms with van der Waals surface area (Å²) >= 11 is 5.82. The quantitative estimate of drug-likeness (QED) is 0.539. The van der Waals surface area contributed by atoms with E-state index in [0.29, 0.717) is 11.8 Å². The van der Waals surface area contributed by atoms with Crippen LogP contribution in [0.1, 0.15) is 67.3 Å². The molecule has 0 atom stereocenters. The summed E-state index contributed by atoms with van der Waals surface area (Å²) in [6.45, 7) is 14.5. The van der Waals surface area contributed by atoms with Gasteiger partial charge in [0, 0.05) is 5.02 Å². The molecule has 0 saturated heterocycles. The van der Waals surface area contributed by atoms with Crippen LogP contribution in [0.5, 0.6) is 0 Å². The van der Waals surface area contributed by atoms with Gasteiger partial charge in [-0.15, -0.1) is 0 Å². The Kier molecular flexibility index (Phi) is 7.28. The standard InChI is InChI=1S/C11H15F.C10H13Cl/c1-7(2)10-6-11(12)9(4)5-8(10)3;1-7(2)10-5-4-9(11)6-8(10)3/h5-7H,1-4H3;4-7H,1-3H3. The van der Waals surface area contributed by atoms with E-state index in [1.54, 1.807) is 13.0 Å². The Hall–Kier alpha value is -1.34. The summed E-state index contributed by atoms with van der Waals surface area (Å²) in [5.74, 6) is 0.900. The summed E-state index contributed by atoms with van der Waals surface area (Å²) in [5.41, 5.74) is 5.70. The Bertz CT molecular complexity index is 657. The first-order valence-corrected chi connectivity index (χ1v) is 8.54. The monoisotopic (exact) mass is 334 g/mol. The molecule has 0 bridgehead atoms. The Morgan fingerprint density at radius 1 is 0.739 bits per heavy atom. The van der Waals surface area contributed by atoms with Crippen LogP contribution in [-0.2, 0) is 0 Å². The maximum absolute atomic E-state index is 13.1. The lowest BCUT2D eigenvalue weighted by atomic mass is 9.96. The Morgan fingerprint density at radius 3 is 1.74 bits per heavy atom. The van der Waals surface area contributed by atoms with E-state index in [-0.39, 0.29) is 5.82 Å². The molecule has 0 aromatic heterocycles. The molecule has 0 aliphatic carbocycles. The second-order valence-electron chi connectivity index (χ2n) is 6.77. The van der Waals surface area contributed by atoms with E-state index >= 15 is 0 Å². The third-order valence-corrected chi connectivity index (χ3v) is 4.26. The van der Waals surface area contributed by atoms with Crippen molar-refractivity contribution in [1.82, 2.24) is 0 Å². The first-order chi connectivity index (χ1) is 10.6. The highest BCUT2D eigenvalue weighted by atomic mass is 35.5. The van der Waals surface area contributed by atoms with Crippen LogP contribution in [0, 0.1) is 26.6 Å². The second kappa shape index (κ2) is 8.49. The Balaban J connectivity index is 0.000000231. The third-order valence-electron chi connectivity index (χ3n) is 4.02. The Morgan fingerprint density at radius 2 is 1.26 bits per heavy atom. The van der Waals surface area contributed by atoms with E-state index < -0.39 is 0 Å². The number of benzene rings is 2. The normalized spacial score (nSPS) is 10.7. The molecular formula is C21H28ClF. The SMILES string of the molecule is Cc1cc(C)c(C(C)C)cc1F.Cc1cc(Cl)ccc1C(C)C. The summed E-state index contributed by atoms with van der Waals surface area (Å²) in [4.78, 5) is 0. The van der Waals surface area contributed by atoms with Gasteiger partial charge in [0.15, 0.2) is 0 Å². The molecule has 0 saturated carbocycles. The molecule has 0 heterocycles. The fraction of sp³-hybridized carbons (Fsp3) is 0.429. The second-order valence-corrected chi connectivity index (χ2v) is 7.20. The lowest BCUT2D eigenvalue weighted by Crippen LogP contribution is -1.95. The van der Waals surface area contributed by atoms with Crippen molar-refractivity contribution in [3.63, 3.8) is 0 Å². The molecule has 2 aromatic rings. The van der Waals surface area contributed by atoms with Gasteiger partial charge in [-0.1, -0.05) is 51.4 Å². The molecule has 2 heteroatoms. The van der Waals surface area contributed by atoms with Crippen molar-refractivity contribution in [2.45, 2.75) is 60.3 Å². The minimum atomic E-state index is -0.0932. The number of hydrogen-bond donors (Lipinski definition) is 0. The summed E-state index contributed by atoms with van der Waals surface area (Å²) < 4.78 is 13.1. The average molecular weight is 335 g/mol. The zero-order chi connectivity index (χ0) is 17.7. The molecule has 0 aliphatic rings. The molecule has 2 rings (SSSR count). The number of aryl methyl sites for hydroxylation is 3. The Labute approximate surface area is 145 Å². The van der Waals surface area contributed by atoms with E-state index in [4.69, 9.17) is 11.6 Å². The molecule has 0 amide bonds. The first-order valence-electron chi connectivity index (χ1n) is 8.16. The highest BCUT2D eigenvalue weighted by Gasteiger charge is 2.06. The van der Waals surface area contributed by atoms with Crippen LogP contribution in [0.4, 0.5) is 4.39 Å². The lowest BCUT2D eigenvalue weighted by Gasteiger charge is -2.10. The van der Waals surface area contributed by atoms with Gasteiger partial charge in [-0.3, -0.25) is 0 Å². The molecule has 126 valence electrons. The van der Waals surface area contributed by atoms with Crippen molar-refractivity contribution in [1.29, 1.82) is 0 Å². The largest absolute Gasteiger partial charge is 0.207 e. The fourth-order valence-electron chi connectivity index (χ4n) is 2.75. The van der Waals surface area contributed by atoms with Crippen LogP contribution < -0.4 is 0 Å². The van der Waals surface area contributed by atoms with E-state index in [1.165, 1.54) is 16.7 Å². The molecule has 0 nitrogen and oxygen atoms in total. The molecule has 0 unspecified atom stereocenters. The van der Waals surface area contributed by atoms with E-state index in [2.05, 4.69) is 40.7 Å². The predicted octanol–water partition coefficient (Wildman–Crippen LogP) is 7.34. The lowest BCUT2D eigenvalue weighted by molar-refractivity contribution is 0.613. The van der Waals surface area contributed by atoms with E-state index in [1.807, 2.05) is 25.1 Å². The van der Waals surface area contributed by atoms with Crippen LogP contribution >= 0.6 is 11.6 Å². The topological polar surface area (TPSA) is 0 Å². The van der Waals surface area contributed by atoms with E-state index in [0.717, 1.165) is 16.1 Å². The molecule has 2 aromatic carbocycles. The molecule has 0 spiro atoms. The first kappa shape index (κ1) is 19.7. The summed E-state index contributed by atoms with van der Waals surface area (Å²) in [7, 11) is 0. The maximum Gasteiger partial charge on any atom is 0.126 e. The van der Waals surface area contributed by atoms with Gasteiger partial charge in [0.05, 0.1) is 0 Å². The summed E-state index contributed by atoms with van der Waals surface area (Å²) in [6, 6.07) is 9.61. The number of hydrogen-bond acceptors (Lipinski definition) is 0. The minimum absolute atomic E-state index is 0.0932. The number of halogens is 2. The van der Waals surface area contributed by atoms with Crippen molar-refractivity contribution < 1.29 is 4.39 Å². The zero-order valence-electron chi connectivity index (χ0n) is 15.3. The van der Waals surface area contributed by atoms with Crippen LogP contribution in [0.25, 0.3) is 0 Å². The fourth-order valence-corrected chi connectivity index (χ4v) is 2.98. The van der Waals surface area contributed by atoms with Crippen molar-refractivity contribution >= 4 is 11.6 Å². The van der Waals surface area contributed by atoms with E-state index in [9.17, 15) is 4.39 Å². The molecule has 0 aliphatic heterocycles. The van der Waals surface area contributed by atoms with Crippen LogP contribution in [-0.4, -0.2) is 0 Å². The smallest absolute Gasteiger partial charge is 0.126 e. The molecule has 0 fully saturated rings. The average Bonchev–Trinajstić information content (AvgIpc) is 2.42. The molecule has 0 N–H and O–H groups in total. The maximum atomic E-state index is 13.1. The zero-order valence-corrected chi connectivity index (χ0v) is 16.1. The summed E-state index contributed by atoms with van der Waals surface area (Å²) in [5, 5.41) is 0.826. The number of rotatable bonds is 2. The highest BCUT2D eigenvalue weighted by Crippen LogP contribution is 2.22. The van der Waals surface area contributed by atoms with Crippen molar-refractivity contribution in [2.24, 2.45) is 0 Å². The minimum Gasteiger partial charge on any atom is -0.207 e. The van der Waals surface area contributed by atoms with Gasteiger partial charge in [-0.05, 0) is 78.6 Å². The van der Waals surface area contributed by atoms with Crippen LogP contribution in [0.2, 0.25) is 5.02 Å². The van der Waals surface area contributed by atoms with Crippen LogP contribution in [0.15, 0.2) is 30.3 Å². The third kappa shape index (κ3) is 5.66.